The van der Waals surface area contributed by atoms with Crippen LogP contribution in [-0.2, 0) is 4.79 Å². The number of hydrogen-bond donors (Lipinski definition) is 1. The minimum Gasteiger partial charge on any atom is -0.481 e. The van der Waals surface area contributed by atoms with Gasteiger partial charge in [-0.25, -0.2) is 0 Å². The van der Waals surface area contributed by atoms with E-state index in [9.17, 15) is 4.79 Å². The van der Waals surface area contributed by atoms with Gasteiger partial charge in [0.1, 0.15) is 5.75 Å². The number of rotatable bonds is 4. The van der Waals surface area contributed by atoms with Crippen molar-refractivity contribution < 1.29 is 9.53 Å². The first-order valence-electron chi connectivity index (χ1n) is 6.37. The highest BCUT2D eigenvalue weighted by molar-refractivity contribution is 5.81. The molecule has 98 valence electrons. The van der Waals surface area contributed by atoms with Crippen molar-refractivity contribution >= 4 is 5.91 Å². The topological polar surface area (TPSA) is 41.6 Å². The van der Waals surface area contributed by atoms with E-state index < -0.39 is 6.10 Å². The molecule has 18 heavy (non-hydrogen) atoms. The summed E-state index contributed by atoms with van der Waals surface area (Å²) in [7, 11) is 1.85. The molecule has 0 spiro atoms. The van der Waals surface area contributed by atoms with Crippen molar-refractivity contribution in [3.63, 3.8) is 0 Å². The number of benzene rings is 1. The molecule has 1 aromatic carbocycles. The third kappa shape index (κ3) is 3.01. The Morgan fingerprint density at radius 1 is 1.44 bits per heavy atom. The molecule has 1 saturated heterocycles. The van der Waals surface area contributed by atoms with Gasteiger partial charge in [0.2, 0.25) is 0 Å². The maximum atomic E-state index is 12.2. The fraction of sp³-hybridized carbons (Fsp3) is 0.500. The van der Waals surface area contributed by atoms with Gasteiger partial charge >= 0.3 is 0 Å². The van der Waals surface area contributed by atoms with Gasteiger partial charge in [0.05, 0.1) is 0 Å². The highest BCUT2D eigenvalue weighted by Crippen LogP contribution is 2.14. The monoisotopic (exact) mass is 248 g/mol. The van der Waals surface area contributed by atoms with Crippen molar-refractivity contribution in [2.75, 3.05) is 20.1 Å². The molecule has 1 aliphatic rings. The molecule has 0 bridgehead atoms. The van der Waals surface area contributed by atoms with E-state index in [2.05, 4.69) is 5.32 Å². The maximum Gasteiger partial charge on any atom is 0.263 e. The van der Waals surface area contributed by atoms with Crippen LogP contribution in [0.5, 0.6) is 5.75 Å². The van der Waals surface area contributed by atoms with Gasteiger partial charge < -0.3 is 15.0 Å². The van der Waals surface area contributed by atoms with Gasteiger partial charge in [-0.3, -0.25) is 4.79 Å². The van der Waals surface area contributed by atoms with Gasteiger partial charge in [-0.1, -0.05) is 18.2 Å². The molecule has 1 aromatic rings. The van der Waals surface area contributed by atoms with Crippen LogP contribution in [0.15, 0.2) is 30.3 Å². The van der Waals surface area contributed by atoms with Crippen LogP contribution in [0.25, 0.3) is 0 Å². The minimum atomic E-state index is -0.446. The number of carbonyl (C=O) groups excluding carboxylic acids is 1. The second-order valence-corrected chi connectivity index (χ2v) is 4.67. The normalized spacial score (nSPS) is 20.4. The van der Waals surface area contributed by atoms with Crippen LogP contribution in [-0.4, -0.2) is 43.1 Å². The first-order chi connectivity index (χ1) is 8.68. The van der Waals surface area contributed by atoms with E-state index in [1.807, 2.05) is 37.4 Å². The lowest BCUT2D eigenvalue weighted by molar-refractivity contribution is -0.138. The van der Waals surface area contributed by atoms with Crippen molar-refractivity contribution in [2.24, 2.45) is 0 Å². The molecule has 2 rings (SSSR count). The minimum absolute atomic E-state index is 0.0348. The summed E-state index contributed by atoms with van der Waals surface area (Å²) in [5.41, 5.74) is 0. The third-order valence-electron chi connectivity index (χ3n) is 3.33. The second-order valence-electron chi connectivity index (χ2n) is 4.67. The Kier molecular flexibility index (Phi) is 4.20. The molecule has 1 fully saturated rings. The Morgan fingerprint density at radius 3 is 2.78 bits per heavy atom. The van der Waals surface area contributed by atoms with Crippen molar-refractivity contribution in [1.29, 1.82) is 0 Å². The number of para-hydroxylation sites is 1. The summed E-state index contributed by atoms with van der Waals surface area (Å²) in [5, 5.41) is 3.26. The number of nitrogens with zero attached hydrogens (tertiary/aromatic N) is 1. The van der Waals surface area contributed by atoms with Gasteiger partial charge in [0, 0.05) is 19.6 Å². The molecule has 4 nitrogen and oxygen atoms in total. The summed E-state index contributed by atoms with van der Waals surface area (Å²) in [6, 6.07) is 9.74. The van der Waals surface area contributed by atoms with Crippen LogP contribution >= 0.6 is 0 Å². The Hall–Kier alpha value is -1.55. The van der Waals surface area contributed by atoms with E-state index >= 15 is 0 Å². The van der Waals surface area contributed by atoms with Crippen molar-refractivity contribution in [2.45, 2.75) is 25.5 Å². The molecule has 1 amide bonds. The van der Waals surface area contributed by atoms with Gasteiger partial charge in [-0.2, -0.15) is 0 Å². The summed E-state index contributed by atoms with van der Waals surface area (Å²) >= 11 is 0. The molecule has 0 aromatic heterocycles. The zero-order valence-electron chi connectivity index (χ0n) is 10.9. The van der Waals surface area contributed by atoms with Crippen LogP contribution in [0.2, 0.25) is 0 Å². The Bertz CT molecular complexity index is 388. The zero-order valence-corrected chi connectivity index (χ0v) is 10.9. The quantitative estimate of drug-likeness (QED) is 0.872. The molecule has 0 saturated carbocycles. The highest BCUT2D eigenvalue weighted by Gasteiger charge is 2.27. The van der Waals surface area contributed by atoms with Crippen LogP contribution in [0.4, 0.5) is 0 Å². The zero-order chi connectivity index (χ0) is 13.0. The number of carbonyl (C=O) groups is 1. The largest absolute Gasteiger partial charge is 0.481 e. The molecule has 1 aliphatic heterocycles. The highest BCUT2D eigenvalue weighted by atomic mass is 16.5. The second kappa shape index (κ2) is 5.87. The van der Waals surface area contributed by atoms with E-state index in [1.165, 1.54) is 0 Å². The third-order valence-corrected chi connectivity index (χ3v) is 3.33. The summed E-state index contributed by atoms with van der Waals surface area (Å²) in [6.07, 6.45) is 0.568. The smallest absolute Gasteiger partial charge is 0.263 e. The fourth-order valence-corrected chi connectivity index (χ4v) is 2.19. The van der Waals surface area contributed by atoms with E-state index in [4.69, 9.17) is 4.74 Å². The van der Waals surface area contributed by atoms with E-state index in [-0.39, 0.29) is 5.91 Å². The summed E-state index contributed by atoms with van der Waals surface area (Å²) in [4.78, 5) is 14.0. The molecular weight excluding hydrogens is 228 g/mol. The maximum absolute atomic E-state index is 12.2. The molecule has 0 radical (unpaired) electrons. The Morgan fingerprint density at radius 2 is 2.17 bits per heavy atom. The SMILES string of the molecule is CC(Oc1ccccc1)C(=O)N(C)C1CCNC1. The predicted octanol–water partition coefficient (Wildman–Crippen LogP) is 1.27. The number of likely N-dealkylation sites (N-methyl/N-ethyl adjacent to an activating group) is 1. The lowest BCUT2D eigenvalue weighted by atomic mass is 10.2. The number of ether oxygens (including phenoxy) is 1. The predicted molar refractivity (Wildman–Crippen MR) is 70.6 cm³/mol. The first kappa shape index (κ1) is 12.9. The average molecular weight is 248 g/mol. The number of amides is 1. The van der Waals surface area contributed by atoms with E-state index in [1.54, 1.807) is 11.8 Å². The lowest BCUT2D eigenvalue weighted by Gasteiger charge is -2.27. The summed E-state index contributed by atoms with van der Waals surface area (Å²) < 4.78 is 5.65. The Labute approximate surface area is 108 Å². The Balaban J connectivity index is 1.91. The van der Waals surface area contributed by atoms with Gasteiger partial charge in [0.15, 0.2) is 6.10 Å². The molecule has 1 heterocycles. The van der Waals surface area contributed by atoms with Gasteiger partial charge in [0.25, 0.3) is 5.91 Å². The molecule has 2 unspecified atom stereocenters. The molecule has 0 aliphatic carbocycles. The number of nitrogens with one attached hydrogen (secondary N) is 1. The van der Waals surface area contributed by atoms with Crippen LogP contribution in [0.1, 0.15) is 13.3 Å². The van der Waals surface area contributed by atoms with Crippen molar-refractivity contribution in [3.05, 3.63) is 30.3 Å². The van der Waals surface area contributed by atoms with E-state index in [0.717, 1.165) is 25.3 Å². The fourth-order valence-electron chi connectivity index (χ4n) is 2.19. The summed E-state index contributed by atoms with van der Waals surface area (Å²) in [6.45, 7) is 3.66. The first-order valence-corrected chi connectivity index (χ1v) is 6.37. The molecular formula is C14H20N2O2. The van der Waals surface area contributed by atoms with E-state index in [0.29, 0.717) is 6.04 Å². The molecule has 4 heteroatoms. The van der Waals surface area contributed by atoms with Crippen molar-refractivity contribution in [1.82, 2.24) is 10.2 Å². The summed E-state index contributed by atoms with van der Waals surface area (Å²) in [5.74, 6) is 0.767. The van der Waals surface area contributed by atoms with Crippen molar-refractivity contribution in [3.8, 4) is 5.75 Å². The van der Waals surface area contributed by atoms with Crippen LogP contribution in [0.3, 0.4) is 0 Å². The standard InChI is InChI=1S/C14H20N2O2/c1-11(18-13-6-4-3-5-7-13)14(17)16(2)12-8-9-15-10-12/h3-7,11-12,15H,8-10H2,1-2H3. The van der Waals surface area contributed by atoms with Gasteiger partial charge in [-0.05, 0) is 32.0 Å². The molecule has 2 atom stereocenters. The van der Waals surface area contributed by atoms with Crippen LogP contribution in [0, 0.1) is 0 Å². The lowest BCUT2D eigenvalue weighted by Crippen LogP contribution is -2.44. The molecule has 1 N–H and O–H groups in total. The van der Waals surface area contributed by atoms with Gasteiger partial charge in [-0.15, -0.1) is 0 Å². The average Bonchev–Trinajstić information content (AvgIpc) is 2.92. The number of hydrogen-bond acceptors (Lipinski definition) is 3. The van der Waals surface area contributed by atoms with Crippen LogP contribution < -0.4 is 10.1 Å².